The third kappa shape index (κ3) is 6.04. The molecule has 0 unspecified atom stereocenters. The molecule has 2 saturated carbocycles. The molecule has 1 aromatic rings. The second kappa shape index (κ2) is 9.69. The third-order valence-electron chi connectivity index (χ3n) is 5.88. The highest BCUT2D eigenvalue weighted by atomic mass is 32.2. The Hall–Kier alpha value is -1.40. The Labute approximate surface area is 163 Å². The Morgan fingerprint density at radius 2 is 1.48 bits per heavy atom. The van der Waals surface area contributed by atoms with Gasteiger partial charge in [0.25, 0.3) is 0 Å². The van der Waals surface area contributed by atoms with Crippen LogP contribution in [-0.4, -0.2) is 26.9 Å². The van der Waals surface area contributed by atoms with Gasteiger partial charge in [0.2, 0.25) is 15.9 Å². The molecule has 2 N–H and O–H groups in total. The number of sulfonamides is 1. The number of amides is 1. The van der Waals surface area contributed by atoms with Crippen LogP contribution in [0.4, 0.5) is 0 Å². The lowest BCUT2D eigenvalue weighted by atomic mass is 9.84. The first-order chi connectivity index (χ1) is 13.0. The van der Waals surface area contributed by atoms with Gasteiger partial charge in [0.15, 0.2) is 0 Å². The van der Waals surface area contributed by atoms with Crippen LogP contribution >= 0.6 is 0 Å². The molecule has 2 aliphatic carbocycles. The first-order valence-corrected chi connectivity index (χ1v) is 11.9. The van der Waals surface area contributed by atoms with E-state index in [1.807, 2.05) is 12.1 Å². The fraction of sp³-hybridized carbons (Fsp3) is 0.667. The molecular weight excluding hydrogens is 360 g/mol. The zero-order chi connectivity index (χ0) is 19.1. The lowest BCUT2D eigenvalue weighted by molar-refractivity contribution is -0.121. The maximum absolute atomic E-state index is 12.4. The summed E-state index contributed by atoms with van der Waals surface area (Å²) in [6.07, 6.45) is 12.0. The van der Waals surface area contributed by atoms with E-state index in [2.05, 4.69) is 10.0 Å². The van der Waals surface area contributed by atoms with Gasteiger partial charge in [0.1, 0.15) is 0 Å². The van der Waals surface area contributed by atoms with Crippen molar-refractivity contribution in [2.24, 2.45) is 0 Å². The molecule has 0 radical (unpaired) electrons. The number of carbonyl (C=O) groups is 1. The highest BCUT2D eigenvalue weighted by molar-refractivity contribution is 7.89. The van der Waals surface area contributed by atoms with Gasteiger partial charge in [0.05, 0.1) is 4.90 Å². The van der Waals surface area contributed by atoms with Crippen molar-refractivity contribution in [3.63, 3.8) is 0 Å². The number of carbonyl (C=O) groups excluding carboxylic acids is 1. The normalized spacial score (nSPS) is 19.7. The lowest BCUT2D eigenvalue weighted by Crippen LogP contribution is -2.38. The highest BCUT2D eigenvalue weighted by Crippen LogP contribution is 2.32. The Balaban J connectivity index is 1.46. The van der Waals surface area contributed by atoms with E-state index in [9.17, 15) is 13.2 Å². The summed E-state index contributed by atoms with van der Waals surface area (Å²) >= 11 is 0. The predicted octanol–water partition coefficient (Wildman–Crippen LogP) is 3.85. The zero-order valence-corrected chi connectivity index (χ0v) is 16.9. The summed E-state index contributed by atoms with van der Waals surface area (Å²) in [5.74, 6) is 0.490. The van der Waals surface area contributed by atoms with E-state index in [4.69, 9.17) is 0 Å². The van der Waals surface area contributed by atoms with E-state index in [1.165, 1.54) is 44.1 Å². The van der Waals surface area contributed by atoms with Crippen LogP contribution in [0, 0.1) is 0 Å². The van der Waals surface area contributed by atoms with Gasteiger partial charge in [-0.15, -0.1) is 0 Å². The lowest BCUT2D eigenvalue weighted by Gasteiger charge is -2.22. The summed E-state index contributed by atoms with van der Waals surface area (Å²) in [7, 11) is -3.57. The molecule has 1 aromatic carbocycles. The first kappa shape index (κ1) is 20.3. The molecule has 2 aliphatic rings. The smallest absolute Gasteiger partial charge is 0.240 e. The van der Waals surface area contributed by atoms with Gasteiger partial charge < -0.3 is 5.32 Å². The standard InChI is InChI=1S/C21H32N2O3S/c24-21(23-19-9-5-2-6-10-19)15-16-22-27(25,26)20-13-11-18(12-14-20)17-7-3-1-4-8-17/h11-14,17,19,22H,1-10,15-16H2,(H,23,24). The van der Waals surface area contributed by atoms with E-state index in [0.717, 1.165) is 25.7 Å². The molecule has 0 bridgehead atoms. The van der Waals surface area contributed by atoms with Crippen LogP contribution < -0.4 is 10.0 Å². The maximum Gasteiger partial charge on any atom is 0.240 e. The average molecular weight is 393 g/mol. The second-order valence-electron chi connectivity index (χ2n) is 7.95. The Kier molecular flexibility index (Phi) is 7.30. The summed E-state index contributed by atoms with van der Waals surface area (Å²) in [6, 6.07) is 7.53. The number of hydrogen-bond acceptors (Lipinski definition) is 3. The molecule has 0 aliphatic heterocycles. The van der Waals surface area contributed by atoms with Crippen LogP contribution in [0.25, 0.3) is 0 Å². The van der Waals surface area contributed by atoms with Crippen molar-refractivity contribution in [2.75, 3.05) is 6.54 Å². The molecule has 2 fully saturated rings. The van der Waals surface area contributed by atoms with Gasteiger partial charge in [-0.3, -0.25) is 4.79 Å². The van der Waals surface area contributed by atoms with Gasteiger partial charge in [-0.25, -0.2) is 13.1 Å². The van der Waals surface area contributed by atoms with Crippen molar-refractivity contribution in [1.29, 1.82) is 0 Å². The maximum atomic E-state index is 12.4. The molecule has 150 valence electrons. The molecule has 6 heteroatoms. The van der Waals surface area contributed by atoms with Crippen molar-refractivity contribution in [3.05, 3.63) is 29.8 Å². The Morgan fingerprint density at radius 1 is 0.889 bits per heavy atom. The van der Waals surface area contributed by atoms with Crippen molar-refractivity contribution >= 4 is 15.9 Å². The van der Waals surface area contributed by atoms with E-state index in [0.29, 0.717) is 5.92 Å². The quantitative estimate of drug-likeness (QED) is 0.740. The van der Waals surface area contributed by atoms with Crippen LogP contribution in [-0.2, 0) is 14.8 Å². The van der Waals surface area contributed by atoms with Crippen LogP contribution in [0.3, 0.4) is 0 Å². The van der Waals surface area contributed by atoms with Gasteiger partial charge in [-0.1, -0.05) is 50.7 Å². The van der Waals surface area contributed by atoms with Gasteiger partial charge in [-0.2, -0.15) is 0 Å². The topological polar surface area (TPSA) is 75.3 Å². The molecule has 0 saturated heterocycles. The molecule has 0 aromatic heterocycles. The zero-order valence-electron chi connectivity index (χ0n) is 16.1. The predicted molar refractivity (Wildman–Crippen MR) is 107 cm³/mol. The largest absolute Gasteiger partial charge is 0.353 e. The number of benzene rings is 1. The molecule has 1 amide bonds. The molecule has 3 rings (SSSR count). The molecular formula is C21H32N2O3S. The molecule has 0 heterocycles. The molecule has 0 spiro atoms. The van der Waals surface area contributed by atoms with Crippen molar-refractivity contribution in [3.8, 4) is 0 Å². The monoisotopic (exact) mass is 392 g/mol. The Bertz CT molecular complexity index is 703. The van der Waals surface area contributed by atoms with Crippen LogP contribution in [0.1, 0.15) is 82.1 Å². The summed E-state index contributed by atoms with van der Waals surface area (Å²) in [5.41, 5.74) is 1.24. The molecule has 5 nitrogen and oxygen atoms in total. The van der Waals surface area contributed by atoms with E-state index < -0.39 is 10.0 Å². The Morgan fingerprint density at radius 3 is 2.11 bits per heavy atom. The van der Waals surface area contributed by atoms with Crippen LogP contribution in [0.5, 0.6) is 0 Å². The number of hydrogen-bond donors (Lipinski definition) is 2. The molecule has 0 atom stereocenters. The van der Waals surface area contributed by atoms with Crippen LogP contribution in [0.15, 0.2) is 29.2 Å². The number of rotatable bonds is 7. The van der Waals surface area contributed by atoms with Crippen molar-refractivity contribution < 1.29 is 13.2 Å². The summed E-state index contributed by atoms with van der Waals surface area (Å²) < 4.78 is 27.5. The SMILES string of the molecule is O=C(CCNS(=O)(=O)c1ccc(C2CCCCC2)cc1)NC1CCCCC1. The minimum atomic E-state index is -3.57. The van der Waals surface area contributed by atoms with E-state index in [-0.39, 0.29) is 29.8 Å². The van der Waals surface area contributed by atoms with Gasteiger partial charge in [0, 0.05) is 19.0 Å². The summed E-state index contributed by atoms with van der Waals surface area (Å²) in [6.45, 7) is 0.130. The fourth-order valence-corrected chi connectivity index (χ4v) is 5.32. The summed E-state index contributed by atoms with van der Waals surface area (Å²) in [5, 5.41) is 3.01. The van der Waals surface area contributed by atoms with E-state index in [1.54, 1.807) is 12.1 Å². The van der Waals surface area contributed by atoms with Crippen molar-refractivity contribution in [1.82, 2.24) is 10.0 Å². The second-order valence-corrected chi connectivity index (χ2v) is 9.72. The van der Waals surface area contributed by atoms with E-state index >= 15 is 0 Å². The molecule has 27 heavy (non-hydrogen) atoms. The highest BCUT2D eigenvalue weighted by Gasteiger charge is 2.19. The number of nitrogens with one attached hydrogen (secondary N) is 2. The van der Waals surface area contributed by atoms with Gasteiger partial charge in [-0.05, 0) is 49.3 Å². The van der Waals surface area contributed by atoms with Crippen molar-refractivity contribution in [2.45, 2.75) is 87.5 Å². The minimum absolute atomic E-state index is 0.0720. The van der Waals surface area contributed by atoms with Gasteiger partial charge >= 0.3 is 0 Å². The first-order valence-electron chi connectivity index (χ1n) is 10.4. The average Bonchev–Trinajstić information content (AvgIpc) is 2.69. The fourth-order valence-electron chi connectivity index (χ4n) is 4.28. The van der Waals surface area contributed by atoms with Crippen LogP contribution in [0.2, 0.25) is 0 Å². The third-order valence-corrected chi connectivity index (χ3v) is 7.36. The summed E-state index contributed by atoms with van der Waals surface area (Å²) in [4.78, 5) is 12.3. The minimum Gasteiger partial charge on any atom is -0.353 e.